The molecule has 0 atom stereocenters. The number of fused-ring (bicyclic) bond motifs is 2. The highest BCUT2D eigenvalue weighted by Gasteiger charge is 2.12. The fourth-order valence-corrected chi connectivity index (χ4v) is 3.68. The molecule has 4 aromatic rings. The third-order valence-electron chi connectivity index (χ3n) is 3.94. The van der Waals surface area contributed by atoms with Crippen molar-refractivity contribution in [3.63, 3.8) is 0 Å². The average Bonchev–Trinajstić information content (AvgIpc) is 3.05. The van der Waals surface area contributed by atoms with Gasteiger partial charge in [-0.2, -0.15) is 0 Å². The van der Waals surface area contributed by atoms with E-state index in [0.717, 1.165) is 10.2 Å². The average molecular weight is 401 g/mol. The molecule has 0 saturated heterocycles. The monoisotopic (exact) mass is 400 g/mol. The number of benzene rings is 2. The number of ether oxygens (including phenoxy) is 1. The van der Waals surface area contributed by atoms with Crippen LogP contribution in [0.25, 0.3) is 21.1 Å². The van der Waals surface area contributed by atoms with Gasteiger partial charge in [0.05, 0.1) is 34.6 Å². The Morgan fingerprint density at radius 3 is 2.93 bits per heavy atom. The second-order valence-electron chi connectivity index (χ2n) is 5.74. The Morgan fingerprint density at radius 1 is 1.26 bits per heavy atom. The number of carbonyl (C=O) groups is 1. The lowest BCUT2D eigenvalue weighted by Crippen LogP contribution is -2.27. The summed E-state index contributed by atoms with van der Waals surface area (Å²) < 4.78 is 7.33. The summed E-state index contributed by atoms with van der Waals surface area (Å²) in [7, 11) is 1.58. The summed E-state index contributed by atoms with van der Waals surface area (Å²) in [5, 5.41) is 3.97. The normalized spacial score (nSPS) is 11.0. The van der Waals surface area contributed by atoms with E-state index in [2.05, 4.69) is 15.3 Å². The molecule has 0 unspecified atom stereocenters. The number of methoxy groups -OCH3 is 1. The van der Waals surface area contributed by atoms with Gasteiger partial charge in [-0.3, -0.25) is 14.2 Å². The molecular formula is C18H13ClN4O3S. The lowest BCUT2D eigenvalue weighted by Gasteiger charge is -2.06. The topological polar surface area (TPSA) is 86.1 Å². The number of carbonyl (C=O) groups excluding carboxylic acids is 1. The fraction of sp³-hybridized carbons (Fsp3) is 0.111. The zero-order chi connectivity index (χ0) is 19.0. The molecule has 0 radical (unpaired) electrons. The zero-order valence-electron chi connectivity index (χ0n) is 14.1. The van der Waals surface area contributed by atoms with Crippen molar-refractivity contribution in [3.05, 3.63) is 58.1 Å². The molecular weight excluding hydrogens is 388 g/mol. The first-order valence-electron chi connectivity index (χ1n) is 7.92. The van der Waals surface area contributed by atoms with Crippen LogP contribution in [0.1, 0.15) is 0 Å². The maximum atomic E-state index is 12.5. The number of thiazole rings is 1. The molecule has 0 bridgehead atoms. The van der Waals surface area contributed by atoms with Crippen LogP contribution >= 0.6 is 22.9 Å². The Bertz CT molecular complexity index is 1230. The summed E-state index contributed by atoms with van der Waals surface area (Å²) in [4.78, 5) is 33.5. The summed E-state index contributed by atoms with van der Waals surface area (Å²) in [6, 6.07) is 10.4. The van der Waals surface area contributed by atoms with Crippen LogP contribution in [0, 0.1) is 0 Å². The highest BCUT2D eigenvalue weighted by molar-refractivity contribution is 7.22. The van der Waals surface area contributed by atoms with Crippen molar-refractivity contribution in [1.29, 1.82) is 0 Å². The van der Waals surface area contributed by atoms with Crippen LogP contribution in [0.2, 0.25) is 5.02 Å². The van der Waals surface area contributed by atoms with Crippen LogP contribution in [0.5, 0.6) is 5.75 Å². The number of amides is 1. The minimum absolute atomic E-state index is 0.173. The summed E-state index contributed by atoms with van der Waals surface area (Å²) in [5.74, 6) is 0.324. The van der Waals surface area contributed by atoms with Crippen molar-refractivity contribution in [2.45, 2.75) is 6.54 Å². The van der Waals surface area contributed by atoms with Gasteiger partial charge in [0, 0.05) is 11.1 Å². The molecule has 136 valence electrons. The highest BCUT2D eigenvalue weighted by Crippen LogP contribution is 2.28. The SMILES string of the molecule is COc1ccc2sc(NC(=O)Cn3cnc4ccc(Cl)cc4c3=O)nc2c1. The van der Waals surface area contributed by atoms with Crippen molar-refractivity contribution < 1.29 is 9.53 Å². The number of nitrogens with one attached hydrogen (secondary N) is 1. The van der Waals surface area contributed by atoms with E-state index in [4.69, 9.17) is 16.3 Å². The van der Waals surface area contributed by atoms with Crippen molar-refractivity contribution in [3.8, 4) is 5.75 Å². The van der Waals surface area contributed by atoms with E-state index in [1.165, 1.54) is 22.2 Å². The van der Waals surface area contributed by atoms with E-state index in [1.54, 1.807) is 31.4 Å². The molecule has 0 fully saturated rings. The molecule has 4 rings (SSSR count). The van der Waals surface area contributed by atoms with Crippen LogP contribution in [0.4, 0.5) is 5.13 Å². The molecule has 0 aliphatic rings. The van der Waals surface area contributed by atoms with Gasteiger partial charge in [-0.15, -0.1) is 0 Å². The van der Waals surface area contributed by atoms with Gasteiger partial charge >= 0.3 is 0 Å². The molecule has 9 heteroatoms. The molecule has 2 aromatic heterocycles. The molecule has 2 heterocycles. The van der Waals surface area contributed by atoms with Crippen molar-refractivity contribution >= 4 is 55.1 Å². The van der Waals surface area contributed by atoms with E-state index >= 15 is 0 Å². The summed E-state index contributed by atoms with van der Waals surface area (Å²) in [6.45, 7) is -0.173. The second-order valence-corrected chi connectivity index (χ2v) is 7.21. The largest absolute Gasteiger partial charge is 0.497 e. The van der Waals surface area contributed by atoms with E-state index in [1.807, 2.05) is 12.1 Å². The molecule has 27 heavy (non-hydrogen) atoms. The van der Waals surface area contributed by atoms with E-state index in [-0.39, 0.29) is 18.0 Å². The van der Waals surface area contributed by atoms with Gasteiger partial charge in [-0.05, 0) is 30.3 Å². The van der Waals surface area contributed by atoms with Crippen molar-refractivity contribution in [2.24, 2.45) is 0 Å². The van der Waals surface area contributed by atoms with Gasteiger partial charge < -0.3 is 10.1 Å². The number of aromatic nitrogens is 3. The Morgan fingerprint density at radius 2 is 2.11 bits per heavy atom. The Kier molecular flexibility index (Phi) is 4.51. The number of nitrogens with zero attached hydrogens (tertiary/aromatic N) is 3. The summed E-state index contributed by atoms with van der Waals surface area (Å²) in [6.07, 6.45) is 1.35. The van der Waals surface area contributed by atoms with Gasteiger partial charge in [0.15, 0.2) is 5.13 Å². The lowest BCUT2D eigenvalue weighted by atomic mass is 10.2. The first kappa shape index (κ1) is 17.4. The molecule has 1 amide bonds. The number of anilines is 1. The minimum Gasteiger partial charge on any atom is -0.497 e. The Balaban J connectivity index is 1.57. The number of rotatable bonds is 4. The molecule has 0 aliphatic heterocycles. The standard InChI is InChI=1S/C18H13ClN4O3S/c1-26-11-3-5-15-14(7-11)21-18(27-15)22-16(24)8-23-9-20-13-4-2-10(19)6-12(13)17(23)25/h2-7,9H,8H2,1H3,(H,21,22,24). The zero-order valence-corrected chi connectivity index (χ0v) is 15.7. The molecule has 0 spiro atoms. The summed E-state index contributed by atoms with van der Waals surface area (Å²) in [5.41, 5.74) is 0.932. The third-order valence-corrected chi connectivity index (χ3v) is 5.13. The minimum atomic E-state index is -0.369. The van der Waals surface area contributed by atoms with Crippen LogP contribution in [-0.2, 0) is 11.3 Å². The van der Waals surface area contributed by atoms with E-state index < -0.39 is 0 Å². The number of hydrogen-bond donors (Lipinski definition) is 1. The van der Waals surface area contributed by atoms with Crippen LogP contribution in [0.3, 0.4) is 0 Å². The van der Waals surface area contributed by atoms with Gasteiger partial charge in [0.1, 0.15) is 12.3 Å². The molecule has 0 saturated carbocycles. The Hall–Kier alpha value is -2.97. The predicted octanol–water partition coefficient (Wildman–Crippen LogP) is 3.31. The quantitative estimate of drug-likeness (QED) is 0.568. The van der Waals surface area contributed by atoms with Gasteiger partial charge in [-0.25, -0.2) is 9.97 Å². The van der Waals surface area contributed by atoms with Gasteiger partial charge in [0.25, 0.3) is 5.56 Å². The molecule has 0 aliphatic carbocycles. The number of halogens is 1. The first-order chi connectivity index (χ1) is 13.0. The van der Waals surface area contributed by atoms with Gasteiger partial charge in [0.2, 0.25) is 5.91 Å². The fourth-order valence-electron chi connectivity index (χ4n) is 2.64. The highest BCUT2D eigenvalue weighted by atomic mass is 35.5. The maximum absolute atomic E-state index is 12.5. The van der Waals surface area contributed by atoms with E-state index in [9.17, 15) is 9.59 Å². The first-order valence-corrected chi connectivity index (χ1v) is 9.12. The predicted molar refractivity (Wildman–Crippen MR) is 106 cm³/mol. The van der Waals surface area contributed by atoms with Crippen molar-refractivity contribution in [1.82, 2.24) is 14.5 Å². The lowest BCUT2D eigenvalue weighted by molar-refractivity contribution is -0.116. The maximum Gasteiger partial charge on any atom is 0.261 e. The van der Waals surface area contributed by atoms with Crippen LogP contribution in [0.15, 0.2) is 47.5 Å². The third kappa shape index (κ3) is 3.49. The van der Waals surface area contributed by atoms with Crippen molar-refractivity contribution in [2.75, 3.05) is 12.4 Å². The van der Waals surface area contributed by atoms with Crippen LogP contribution in [-0.4, -0.2) is 27.6 Å². The molecule has 1 N–H and O–H groups in total. The van der Waals surface area contributed by atoms with Gasteiger partial charge in [-0.1, -0.05) is 22.9 Å². The smallest absolute Gasteiger partial charge is 0.261 e. The number of hydrogen-bond acceptors (Lipinski definition) is 6. The van der Waals surface area contributed by atoms with E-state index in [0.29, 0.717) is 26.8 Å². The second kappa shape index (κ2) is 6.98. The Labute approximate surface area is 162 Å². The van der Waals surface area contributed by atoms with Crippen LogP contribution < -0.4 is 15.6 Å². The molecule has 2 aromatic carbocycles. The summed E-state index contributed by atoms with van der Waals surface area (Å²) >= 11 is 7.29. The molecule has 7 nitrogen and oxygen atoms in total.